The van der Waals surface area contributed by atoms with Crippen LogP contribution in [0.25, 0.3) is 21.8 Å². The maximum absolute atomic E-state index is 13.1. The Kier molecular flexibility index (Phi) is 6.26. The summed E-state index contributed by atoms with van der Waals surface area (Å²) in [5.41, 5.74) is 3.34. The highest BCUT2D eigenvalue weighted by Gasteiger charge is 2.24. The second-order valence-electron chi connectivity index (χ2n) is 8.22. The topological polar surface area (TPSA) is 69.1 Å². The Labute approximate surface area is 191 Å². The van der Waals surface area contributed by atoms with Gasteiger partial charge in [-0.3, -0.25) is 4.79 Å². The van der Waals surface area contributed by atoms with Crippen LogP contribution in [0.5, 0.6) is 0 Å². The summed E-state index contributed by atoms with van der Waals surface area (Å²) in [5.74, 6) is 0. The highest BCUT2D eigenvalue weighted by molar-refractivity contribution is 6.31. The minimum absolute atomic E-state index is 0.128. The van der Waals surface area contributed by atoms with Gasteiger partial charge in [-0.1, -0.05) is 41.9 Å². The summed E-state index contributed by atoms with van der Waals surface area (Å²) in [6.07, 6.45) is 4.35. The minimum atomic E-state index is -0.148. The molecule has 6 nitrogen and oxygen atoms in total. The zero-order valence-corrected chi connectivity index (χ0v) is 18.6. The van der Waals surface area contributed by atoms with Crippen LogP contribution in [0.1, 0.15) is 43.2 Å². The van der Waals surface area contributed by atoms with Gasteiger partial charge in [-0.05, 0) is 55.9 Å². The van der Waals surface area contributed by atoms with Gasteiger partial charge in [0.1, 0.15) is 5.52 Å². The third-order valence-electron chi connectivity index (χ3n) is 5.96. The van der Waals surface area contributed by atoms with Gasteiger partial charge >= 0.3 is 0 Å². The molecule has 5 rings (SSSR count). The Morgan fingerprint density at radius 1 is 1.19 bits per heavy atom. The molecule has 0 aliphatic carbocycles. The molecule has 1 unspecified atom stereocenters. The van der Waals surface area contributed by atoms with Gasteiger partial charge in [-0.25, -0.2) is 4.68 Å². The molecule has 1 aliphatic rings. The second kappa shape index (κ2) is 9.45. The maximum Gasteiger partial charge on any atom is 0.259 e. The number of H-pyrrole nitrogens is 1. The Morgan fingerprint density at radius 2 is 2.06 bits per heavy atom. The molecule has 166 valence electrons. The Morgan fingerprint density at radius 3 is 2.88 bits per heavy atom. The fraction of sp³-hybridized carbons (Fsp3) is 0.360. The van der Waals surface area contributed by atoms with Gasteiger partial charge < -0.3 is 14.5 Å². The molecule has 0 amide bonds. The number of benzene rings is 2. The number of hydrogen-bond donors (Lipinski definition) is 1. The molecule has 0 saturated carbocycles. The molecule has 0 bridgehead atoms. The molecule has 4 aromatic rings. The van der Waals surface area contributed by atoms with E-state index < -0.39 is 0 Å². The minimum Gasteiger partial charge on any atom is -0.377 e. The number of aryl methyl sites for hydroxylation is 1. The van der Waals surface area contributed by atoms with Crippen LogP contribution in [0.4, 0.5) is 0 Å². The Balaban J connectivity index is 1.45. The van der Waals surface area contributed by atoms with Crippen molar-refractivity contribution in [3.63, 3.8) is 0 Å². The average molecular weight is 452 g/mol. The fourth-order valence-electron chi connectivity index (χ4n) is 4.40. The molecule has 1 aliphatic heterocycles. The van der Waals surface area contributed by atoms with Crippen molar-refractivity contribution in [3.05, 3.63) is 75.2 Å². The second-order valence-corrected chi connectivity index (χ2v) is 8.66. The van der Waals surface area contributed by atoms with Crippen LogP contribution in [0, 0.1) is 0 Å². The number of nitrogens with one attached hydrogen (secondary N) is 1. The number of pyridine rings is 1. The van der Waals surface area contributed by atoms with Crippen molar-refractivity contribution in [1.29, 1.82) is 0 Å². The molecule has 1 saturated heterocycles. The van der Waals surface area contributed by atoms with Gasteiger partial charge in [-0.2, -0.15) is 5.10 Å². The molecule has 2 aromatic carbocycles. The number of nitrogens with zero attached hydrogens (tertiary/aromatic N) is 2. The van der Waals surface area contributed by atoms with Crippen molar-refractivity contribution < 1.29 is 9.47 Å². The summed E-state index contributed by atoms with van der Waals surface area (Å²) >= 11 is 6.26. The van der Waals surface area contributed by atoms with Crippen molar-refractivity contribution in [1.82, 2.24) is 14.8 Å². The van der Waals surface area contributed by atoms with E-state index in [-0.39, 0.29) is 11.8 Å². The molecule has 1 N–H and O–H groups in total. The van der Waals surface area contributed by atoms with Crippen molar-refractivity contribution in [2.24, 2.45) is 0 Å². The summed E-state index contributed by atoms with van der Waals surface area (Å²) < 4.78 is 13.8. The summed E-state index contributed by atoms with van der Waals surface area (Å²) in [7, 11) is 0. The van der Waals surface area contributed by atoms with E-state index in [1.54, 1.807) is 6.07 Å². The molecule has 7 heteroatoms. The first-order valence-corrected chi connectivity index (χ1v) is 11.5. The van der Waals surface area contributed by atoms with Crippen molar-refractivity contribution in [2.45, 2.75) is 44.9 Å². The standard InChI is InChI=1S/C25H26ClN3O3/c26-18-11-12-20-19(15-18)24-23(25(30)27-20)21(29(28-24)22-10-4-5-14-32-22)9-6-13-31-16-17-7-2-1-3-8-17/h1-3,7-8,11-12,15,22H,4-6,9-10,13-14,16H2,(H,27,30). The van der Waals surface area contributed by atoms with Crippen molar-refractivity contribution >= 4 is 33.4 Å². The zero-order chi connectivity index (χ0) is 21.9. The van der Waals surface area contributed by atoms with E-state index in [9.17, 15) is 4.79 Å². The first-order chi connectivity index (χ1) is 15.7. The molecule has 0 radical (unpaired) electrons. The van der Waals surface area contributed by atoms with Gasteiger partial charge in [0, 0.05) is 23.6 Å². The van der Waals surface area contributed by atoms with Gasteiger partial charge in [0.2, 0.25) is 0 Å². The zero-order valence-electron chi connectivity index (χ0n) is 17.9. The van der Waals surface area contributed by atoms with Crippen LogP contribution >= 0.6 is 11.6 Å². The van der Waals surface area contributed by atoms with Crippen LogP contribution in [-0.4, -0.2) is 28.0 Å². The van der Waals surface area contributed by atoms with Crippen LogP contribution in [0.3, 0.4) is 0 Å². The smallest absolute Gasteiger partial charge is 0.259 e. The summed E-state index contributed by atoms with van der Waals surface area (Å²) in [6, 6.07) is 15.6. The van der Waals surface area contributed by atoms with Gasteiger partial charge in [0.15, 0.2) is 6.23 Å². The number of hydrogen-bond acceptors (Lipinski definition) is 4. The molecular weight excluding hydrogens is 426 g/mol. The van der Waals surface area contributed by atoms with E-state index in [1.807, 2.05) is 35.0 Å². The van der Waals surface area contributed by atoms with Crippen LogP contribution in [0.2, 0.25) is 5.02 Å². The summed E-state index contributed by atoms with van der Waals surface area (Å²) in [6.45, 7) is 1.89. The normalized spacial score (nSPS) is 16.7. The van der Waals surface area contributed by atoms with E-state index in [4.69, 9.17) is 26.2 Å². The van der Waals surface area contributed by atoms with E-state index in [2.05, 4.69) is 17.1 Å². The predicted molar refractivity (Wildman–Crippen MR) is 126 cm³/mol. The van der Waals surface area contributed by atoms with E-state index in [1.165, 1.54) is 0 Å². The largest absolute Gasteiger partial charge is 0.377 e. The average Bonchev–Trinajstić information content (AvgIpc) is 3.21. The number of rotatable bonds is 7. The van der Waals surface area contributed by atoms with E-state index in [0.717, 1.165) is 47.8 Å². The highest BCUT2D eigenvalue weighted by atomic mass is 35.5. The molecule has 3 heterocycles. The molecular formula is C25H26ClN3O3. The lowest BCUT2D eigenvalue weighted by molar-refractivity contribution is -0.0408. The maximum atomic E-state index is 13.1. The molecule has 1 atom stereocenters. The predicted octanol–water partition coefficient (Wildman–Crippen LogP) is 5.38. The number of aromatic nitrogens is 3. The van der Waals surface area contributed by atoms with Gasteiger partial charge in [0.25, 0.3) is 5.56 Å². The lowest BCUT2D eigenvalue weighted by Crippen LogP contribution is -2.21. The monoisotopic (exact) mass is 451 g/mol. The number of aromatic amines is 1. The summed E-state index contributed by atoms with van der Waals surface area (Å²) in [5, 5.41) is 6.97. The quantitative estimate of drug-likeness (QED) is 0.383. The summed E-state index contributed by atoms with van der Waals surface area (Å²) in [4.78, 5) is 16.1. The SMILES string of the molecule is O=c1[nH]c2ccc(Cl)cc2c2nn(C3CCCCO3)c(CCCOCc3ccccc3)c12. The van der Waals surface area contributed by atoms with Gasteiger partial charge in [-0.15, -0.1) is 0 Å². The van der Waals surface area contributed by atoms with Crippen LogP contribution in [-0.2, 0) is 22.5 Å². The molecule has 2 aromatic heterocycles. The van der Waals surface area contributed by atoms with E-state index >= 15 is 0 Å². The Bertz CT molecular complexity index is 1280. The number of fused-ring (bicyclic) bond motifs is 3. The fourth-order valence-corrected chi connectivity index (χ4v) is 4.58. The van der Waals surface area contributed by atoms with Crippen LogP contribution in [0.15, 0.2) is 53.3 Å². The third-order valence-corrected chi connectivity index (χ3v) is 6.20. The highest BCUT2D eigenvalue weighted by Crippen LogP contribution is 2.31. The van der Waals surface area contributed by atoms with Crippen LogP contribution < -0.4 is 5.56 Å². The lowest BCUT2D eigenvalue weighted by Gasteiger charge is -2.24. The Hall–Kier alpha value is -2.67. The van der Waals surface area contributed by atoms with Gasteiger partial charge in [0.05, 0.1) is 23.2 Å². The van der Waals surface area contributed by atoms with Crippen molar-refractivity contribution in [3.8, 4) is 0 Å². The first kappa shape index (κ1) is 21.2. The molecule has 32 heavy (non-hydrogen) atoms. The molecule has 1 fully saturated rings. The number of halogens is 1. The van der Waals surface area contributed by atoms with E-state index in [0.29, 0.717) is 42.2 Å². The lowest BCUT2D eigenvalue weighted by atomic mass is 10.1. The number of ether oxygens (including phenoxy) is 2. The van der Waals surface area contributed by atoms with Crippen molar-refractivity contribution in [2.75, 3.05) is 13.2 Å². The third kappa shape index (κ3) is 4.31. The first-order valence-electron chi connectivity index (χ1n) is 11.2. The molecule has 0 spiro atoms.